The van der Waals surface area contributed by atoms with Gasteiger partial charge in [0.25, 0.3) is 0 Å². The van der Waals surface area contributed by atoms with E-state index in [1.54, 1.807) is 0 Å². The van der Waals surface area contributed by atoms with E-state index in [1.165, 1.54) is 38.5 Å². The minimum atomic E-state index is -1.12. The van der Waals surface area contributed by atoms with Crippen molar-refractivity contribution >= 4 is 11.9 Å². The van der Waals surface area contributed by atoms with Crippen LogP contribution in [0.1, 0.15) is 85.0 Å². The lowest BCUT2D eigenvalue weighted by molar-refractivity contribution is -0.166. The number of carbonyl (C=O) groups is 2. The molecule has 5 nitrogen and oxygen atoms in total. The number of unbranched alkanes of at least 4 members (excludes halogenated alkanes) is 7. The number of hydrogen-bond acceptors (Lipinski definition) is 5. The maximum atomic E-state index is 12.1. The number of esters is 2. The fraction of sp³-hybridized carbons (Fsp3) is 0.810. The maximum absolute atomic E-state index is 12.1. The molecule has 26 heavy (non-hydrogen) atoms. The lowest BCUT2D eigenvalue weighted by Gasteiger charge is -2.24. The van der Waals surface area contributed by atoms with E-state index in [-0.39, 0.29) is 25.1 Å². The molecule has 0 spiro atoms. The normalized spacial score (nSPS) is 21.4. The van der Waals surface area contributed by atoms with Crippen molar-refractivity contribution in [2.45, 2.75) is 90.6 Å². The Morgan fingerprint density at radius 1 is 1.23 bits per heavy atom. The Morgan fingerprint density at radius 2 is 1.88 bits per heavy atom. The van der Waals surface area contributed by atoms with Gasteiger partial charge in [-0.25, -0.2) is 4.79 Å². The zero-order chi connectivity index (χ0) is 19.4. The molecule has 1 N–H and O–H groups in total. The first-order valence-electron chi connectivity index (χ1n) is 10.1. The first-order valence-corrected chi connectivity index (χ1v) is 10.1. The second-order valence-electron chi connectivity index (χ2n) is 7.81. The van der Waals surface area contributed by atoms with Gasteiger partial charge in [-0.3, -0.25) is 4.79 Å². The summed E-state index contributed by atoms with van der Waals surface area (Å²) in [6.45, 7) is 5.65. The molecule has 1 atom stereocenters. The summed E-state index contributed by atoms with van der Waals surface area (Å²) in [6.07, 6.45) is 12.0. The molecule has 1 aliphatic rings. The average Bonchev–Trinajstić information content (AvgIpc) is 2.91. The average molecular weight is 369 g/mol. The fourth-order valence-electron chi connectivity index (χ4n) is 3.07. The highest BCUT2D eigenvalue weighted by molar-refractivity contribution is 5.91. The lowest BCUT2D eigenvalue weighted by atomic mass is 9.98. The molecule has 5 heteroatoms. The van der Waals surface area contributed by atoms with Crippen molar-refractivity contribution in [2.75, 3.05) is 13.2 Å². The van der Waals surface area contributed by atoms with E-state index in [4.69, 9.17) is 9.47 Å². The van der Waals surface area contributed by atoms with E-state index < -0.39 is 11.6 Å². The van der Waals surface area contributed by atoms with Gasteiger partial charge in [0.1, 0.15) is 6.61 Å². The Balaban J connectivity index is 2.38. The van der Waals surface area contributed by atoms with E-state index in [2.05, 4.69) is 6.92 Å². The predicted molar refractivity (Wildman–Crippen MR) is 102 cm³/mol. The molecule has 1 unspecified atom stereocenters. The molecule has 0 amide bonds. The monoisotopic (exact) mass is 368 g/mol. The van der Waals surface area contributed by atoms with Gasteiger partial charge in [-0.15, -0.1) is 0 Å². The zero-order valence-electron chi connectivity index (χ0n) is 16.7. The largest absolute Gasteiger partial charge is 0.461 e. The second-order valence-corrected chi connectivity index (χ2v) is 7.81. The standard InChI is InChI=1S/C21H36O5/c1-4-5-6-7-8-9-10-11-12-18-14-21(15-22,26-20(18)24)16-25-19(23)13-17(2)3/h12,17,22H,4-11,13-16H2,1-3H3/b18-12-. The third-order valence-electron chi connectivity index (χ3n) is 4.64. The summed E-state index contributed by atoms with van der Waals surface area (Å²) in [5.41, 5.74) is -0.527. The molecule has 0 aromatic rings. The molecule has 0 saturated carbocycles. The van der Waals surface area contributed by atoms with Crippen LogP contribution in [0.5, 0.6) is 0 Å². The molecule has 0 radical (unpaired) electrons. The molecular weight excluding hydrogens is 332 g/mol. The SMILES string of the molecule is CCCCCCCCC/C=C1/CC(CO)(COC(=O)CC(C)C)OC1=O. The fourth-order valence-corrected chi connectivity index (χ4v) is 3.07. The van der Waals surface area contributed by atoms with Crippen LogP contribution >= 0.6 is 0 Å². The van der Waals surface area contributed by atoms with Gasteiger partial charge in [-0.2, -0.15) is 0 Å². The molecule has 1 rings (SSSR count). The highest BCUT2D eigenvalue weighted by atomic mass is 16.6. The van der Waals surface area contributed by atoms with Crippen molar-refractivity contribution < 1.29 is 24.2 Å². The van der Waals surface area contributed by atoms with E-state index in [9.17, 15) is 14.7 Å². The quantitative estimate of drug-likeness (QED) is 0.298. The Morgan fingerprint density at radius 3 is 2.50 bits per heavy atom. The van der Waals surface area contributed by atoms with Crippen LogP contribution in [0.2, 0.25) is 0 Å². The Bertz CT molecular complexity index is 469. The molecule has 0 aromatic heterocycles. The van der Waals surface area contributed by atoms with Gasteiger partial charge in [0.2, 0.25) is 0 Å². The number of ether oxygens (including phenoxy) is 2. The van der Waals surface area contributed by atoms with Gasteiger partial charge in [-0.1, -0.05) is 65.4 Å². The molecular formula is C21H36O5. The number of allylic oxidation sites excluding steroid dienone is 1. The van der Waals surface area contributed by atoms with Crippen LogP contribution in [-0.2, 0) is 19.1 Å². The number of carbonyl (C=O) groups excluding carboxylic acids is 2. The molecule has 1 aliphatic heterocycles. The third kappa shape index (κ3) is 8.35. The summed E-state index contributed by atoms with van der Waals surface area (Å²) in [5.74, 6) is -0.526. The van der Waals surface area contributed by atoms with Gasteiger partial charge in [0.05, 0.1) is 6.61 Å². The lowest BCUT2D eigenvalue weighted by Crippen LogP contribution is -2.39. The summed E-state index contributed by atoms with van der Waals surface area (Å²) < 4.78 is 10.6. The van der Waals surface area contributed by atoms with Crippen LogP contribution < -0.4 is 0 Å². The molecule has 0 bridgehead atoms. The Kier molecular flexibility index (Phi) is 10.6. The van der Waals surface area contributed by atoms with Gasteiger partial charge >= 0.3 is 11.9 Å². The Labute approximate surface area is 158 Å². The highest BCUT2D eigenvalue weighted by Crippen LogP contribution is 2.31. The number of aliphatic hydroxyl groups is 1. The third-order valence-corrected chi connectivity index (χ3v) is 4.64. The van der Waals surface area contributed by atoms with Crippen LogP contribution in [0, 0.1) is 5.92 Å². The number of aliphatic hydroxyl groups excluding tert-OH is 1. The van der Waals surface area contributed by atoms with E-state index in [0.29, 0.717) is 18.4 Å². The van der Waals surface area contributed by atoms with E-state index in [0.717, 1.165) is 12.8 Å². The molecule has 1 saturated heterocycles. The van der Waals surface area contributed by atoms with Crippen molar-refractivity contribution in [3.05, 3.63) is 11.6 Å². The minimum absolute atomic E-state index is 0.0877. The van der Waals surface area contributed by atoms with Crippen LogP contribution in [0.3, 0.4) is 0 Å². The molecule has 1 fully saturated rings. The summed E-state index contributed by atoms with van der Waals surface area (Å²) >= 11 is 0. The number of hydrogen-bond donors (Lipinski definition) is 1. The van der Waals surface area contributed by atoms with Crippen LogP contribution in [0.4, 0.5) is 0 Å². The van der Waals surface area contributed by atoms with E-state index in [1.807, 2.05) is 19.9 Å². The maximum Gasteiger partial charge on any atom is 0.334 e. The first kappa shape index (κ1) is 22.7. The number of cyclic esters (lactones) is 1. The van der Waals surface area contributed by atoms with E-state index >= 15 is 0 Å². The van der Waals surface area contributed by atoms with Gasteiger partial charge in [0, 0.05) is 18.4 Å². The molecule has 1 heterocycles. The number of rotatable bonds is 13. The van der Waals surface area contributed by atoms with Crippen LogP contribution in [0.15, 0.2) is 11.6 Å². The summed E-state index contributed by atoms with van der Waals surface area (Å²) in [6, 6.07) is 0. The van der Waals surface area contributed by atoms with Crippen molar-refractivity contribution in [3.8, 4) is 0 Å². The zero-order valence-corrected chi connectivity index (χ0v) is 16.7. The summed E-state index contributed by atoms with van der Waals surface area (Å²) in [7, 11) is 0. The van der Waals surface area contributed by atoms with Crippen molar-refractivity contribution in [2.24, 2.45) is 5.92 Å². The first-order chi connectivity index (χ1) is 12.4. The highest BCUT2D eigenvalue weighted by Gasteiger charge is 2.44. The molecule has 0 aliphatic carbocycles. The van der Waals surface area contributed by atoms with Crippen molar-refractivity contribution in [1.29, 1.82) is 0 Å². The second kappa shape index (κ2) is 12.1. The Hall–Kier alpha value is -1.36. The van der Waals surface area contributed by atoms with Gasteiger partial charge in [0.15, 0.2) is 5.60 Å². The van der Waals surface area contributed by atoms with Crippen LogP contribution in [-0.4, -0.2) is 35.9 Å². The molecule has 150 valence electrons. The van der Waals surface area contributed by atoms with Gasteiger partial charge < -0.3 is 14.6 Å². The van der Waals surface area contributed by atoms with Crippen LogP contribution in [0.25, 0.3) is 0 Å². The molecule has 0 aromatic carbocycles. The minimum Gasteiger partial charge on any atom is -0.461 e. The predicted octanol–water partition coefficient (Wildman–Crippen LogP) is 4.32. The smallest absolute Gasteiger partial charge is 0.334 e. The summed E-state index contributed by atoms with van der Waals surface area (Å²) in [4.78, 5) is 23.8. The van der Waals surface area contributed by atoms with Crippen molar-refractivity contribution in [3.63, 3.8) is 0 Å². The topological polar surface area (TPSA) is 72.8 Å². The van der Waals surface area contributed by atoms with Gasteiger partial charge in [-0.05, 0) is 18.8 Å². The summed E-state index contributed by atoms with van der Waals surface area (Å²) in [5, 5.41) is 9.66. The van der Waals surface area contributed by atoms with Crippen molar-refractivity contribution in [1.82, 2.24) is 0 Å².